The van der Waals surface area contributed by atoms with Gasteiger partial charge in [0.2, 0.25) is 0 Å². The first kappa shape index (κ1) is 20.4. The average Bonchev–Trinajstić information content (AvgIpc) is 3.05. The lowest BCUT2D eigenvalue weighted by atomic mass is 10.1. The number of allylic oxidation sites excluding steroid dienone is 1. The maximum absolute atomic E-state index is 12.4. The molecule has 13 heteroatoms. The van der Waals surface area contributed by atoms with Crippen LogP contribution in [-0.4, -0.2) is 66.8 Å². The monoisotopic (exact) mass is 413 g/mol. The molecule has 2 heterocycles. The van der Waals surface area contributed by atoms with Gasteiger partial charge >= 0.3 is 11.9 Å². The lowest BCUT2D eigenvalue weighted by Gasteiger charge is -2.26. The van der Waals surface area contributed by atoms with Crippen LogP contribution in [0.5, 0.6) is 0 Å². The Kier molecular flexibility index (Phi) is 6.52. The molecular weight excluding hydrogens is 398 g/mol. The molecule has 27 heavy (non-hydrogen) atoms. The molecule has 1 amide bonds. The van der Waals surface area contributed by atoms with Gasteiger partial charge in [-0.05, 0) is 12.5 Å². The van der Waals surface area contributed by atoms with Crippen LogP contribution in [0.3, 0.4) is 0 Å². The normalized spacial score (nSPS) is 20.0. The van der Waals surface area contributed by atoms with E-state index < -0.39 is 35.0 Å². The first-order chi connectivity index (χ1) is 12.8. The molecule has 0 aromatic carbocycles. The van der Waals surface area contributed by atoms with Crippen LogP contribution in [0.2, 0.25) is 0 Å². The van der Waals surface area contributed by atoms with Crippen molar-refractivity contribution in [2.24, 2.45) is 10.1 Å². The quantitative estimate of drug-likeness (QED) is 0.243. The maximum atomic E-state index is 12.4. The van der Waals surface area contributed by atoms with Gasteiger partial charge in [0.25, 0.3) is 5.91 Å². The van der Waals surface area contributed by atoms with Crippen LogP contribution >= 0.6 is 23.1 Å². The van der Waals surface area contributed by atoms with Crippen molar-refractivity contribution < 1.29 is 29.8 Å². The number of carboxylic acids is 2. The number of nitrogens with one attached hydrogen (secondary N) is 1. The van der Waals surface area contributed by atoms with Gasteiger partial charge in [-0.25, -0.2) is 14.6 Å². The van der Waals surface area contributed by atoms with E-state index in [2.05, 4.69) is 20.4 Å². The third-order valence-corrected chi connectivity index (χ3v) is 5.31. The maximum Gasteiger partial charge on any atom is 0.354 e. The molecule has 0 saturated carbocycles. The molecule has 0 bridgehead atoms. The number of carbonyl (C=O) groups excluding carboxylic acids is 1. The molecule has 0 fully saturated rings. The van der Waals surface area contributed by atoms with Gasteiger partial charge in [-0.1, -0.05) is 11.2 Å². The number of thiazole rings is 1. The molecule has 11 nitrogen and oxygen atoms in total. The Bertz CT molecular complexity index is 862. The molecule has 2 atom stereocenters. The lowest BCUT2D eigenvalue weighted by molar-refractivity contribution is -0.141. The number of carbonyl (C=O) groups is 3. The second-order valence-corrected chi connectivity index (χ2v) is 7.10. The highest BCUT2D eigenvalue weighted by atomic mass is 32.2. The number of amides is 1. The molecule has 0 aliphatic carbocycles. The Morgan fingerprint density at radius 3 is 2.63 bits per heavy atom. The molecule has 0 unspecified atom stereocenters. The summed E-state index contributed by atoms with van der Waals surface area (Å²) >= 11 is 2.07. The molecule has 0 radical (unpaired) electrons. The summed E-state index contributed by atoms with van der Waals surface area (Å²) in [6.45, 7) is 1.65. The summed E-state index contributed by atoms with van der Waals surface area (Å²) in [5.74, 6) is -3.51. The van der Waals surface area contributed by atoms with Crippen molar-refractivity contribution in [1.82, 2.24) is 10.3 Å². The second-order valence-electron chi connectivity index (χ2n) is 5.11. The summed E-state index contributed by atoms with van der Waals surface area (Å²) in [6, 6.07) is -1.55. The van der Waals surface area contributed by atoms with Crippen molar-refractivity contribution in [1.29, 1.82) is 0 Å². The van der Waals surface area contributed by atoms with Crippen LogP contribution in [0.4, 0.5) is 5.13 Å². The van der Waals surface area contributed by atoms with E-state index in [1.54, 1.807) is 13.0 Å². The van der Waals surface area contributed by atoms with Crippen LogP contribution in [0.15, 0.2) is 27.2 Å². The molecule has 1 aromatic rings. The third-order valence-electron chi connectivity index (χ3n) is 3.44. The summed E-state index contributed by atoms with van der Waals surface area (Å²) < 4.78 is 0. The van der Waals surface area contributed by atoms with Crippen LogP contribution < -0.4 is 11.1 Å². The number of nitrogens with two attached hydrogens (primary N) is 1. The van der Waals surface area contributed by atoms with Gasteiger partial charge < -0.3 is 26.5 Å². The SMILES string of the molecule is C/C=C1\CS[C@H]([C@H](NC(=O)C(=NO)c2csc(N)n2)C(=O)O)N=C1C(=O)O. The van der Waals surface area contributed by atoms with Crippen LogP contribution in [0.1, 0.15) is 12.6 Å². The predicted octanol–water partition coefficient (Wildman–Crippen LogP) is 0.0178. The number of carboxylic acid groups (broad SMARTS) is 2. The van der Waals surface area contributed by atoms with Gasteiger partial charge in [-0.3, -0.25) is 9.79 Å². The Morgan fingerprint density at radius 2 is 2.15 bits per heavy atom. The van der Waals surface area contributed by atoms with E-state index in [-0.39, 0.29) is 22.3 Å². The van der Waals surface area contributed by atoms with E-state index in [0.717, 1.165) is 23.1 Å². The van der Waals surface area contributed by atoms with Gasteiger partial charge in [0.05, 0.1) is 0 Å². The van der Waals surface area contributed by atoms with Crippen molar-refractivity contribution in [3.63, 3.8) is 0 Å². The number of nitrogens with zero attached hydrogens (tertiary/aromatic N) is 3. The van der Waals surface area contributed by atoms with Gasteiger partial charge in [0.15, 0.2) is 16.9 Å². The highest BCUT2D eigenvalue weighted by Crippen LogP contribution is 2.26. The minimum absolute atomic E-state index is 0.0242. The number of oxime groups is 1. The average molecular weight is 413 g/mol. The fraction of sp³-hybridized carbons (Fsp3) is 0.286. The molecule has 1 aliphatic rings. The summed E-state index contributed by atoms with van der Waals surface area (Å²) in [4.78, 5) is 43.1. The topological polar surface area (TPSA) is 188 Å². The molecular formula is C14H15N5O6S2. The number of aliphatic imine (C=N–C) groups is 1. The number of aliphatic carboxylic acids is 2. The standard InChI is InChI=1S/C14H15N5O6S2/c1-2-5-3-26-11(18-7(5)12(21)22)9(13(23)24)17-10(20)8(19-25)6-4-27-14(15)16-6/h2,4,9,11,25H,3H2,1H3,(H2,15,16)(H,17,20)(H,21,22)(H,23,24)/b5-2+,19-8?/t9-,11+/m0/s1. The number of thioether (sulfide) groups is 1. The Hall–Kier alpha value is -2.93. The highest BCUT2D eigenvalue weighted by Gasteiger charge is 2.36. The second kappa shape index (κ2) is 8.64. The molecule has 1 aliphatic heterocycles. The molecule has 2 rings (SSSR count). The van der Waals surface area contributed by atoms with Crippen molar-refractivity contribution in [3.05, 3.63) is 22.7 Å². The highest BCUT2D eigenvalue weighted by molar-refractivity contribution is 8.00. The summed E-state index contributed by atoms with van der Waals surface area (Å²) in [7, 11) is 0. The molecule has 1 aromatic heterocycles. The van der Waals surface area contributed by atoms with E-state index in [4.69, 9.17) is 10.9 Å². The van der Waals surface area contributed by atoms with Crippen molar-refractivity contribution in [2.75, 3.05) is 11.5 Å². The number of rotatable bonds is 6. The Balaban J connectivity index is 2.28. The zero-order valence-electron chi connectivity index (χ0n) is 13.8. The number of aromatic nitrogens is 1. The van der Waals surface area contributed by atoms with Crippen LogP contribution in [0, 0.1) is 0 Å². The predicted molar refractivity (Wildman–Crippen MR) is 99.5 cm³/mol. The lowest BCUT2D eigenvalue weighted by Crippen LogP contribution is -2.50. The Labute approximate surface area is 160 Å². The van der Waals surface area contributed by atoms with Gasteiger partial charge in [0.1, 0.15) is 16.8 Å². The van der Waals surface area contributed by atoms with E-state index in [1.807, 2.05) is 0 Å². The van der Waals surface area contributed by atoms with E-state index in [1.165, 1.54) is 5.38 Å². The number of anilines is 1. The van der Waals surface area contributed by atoms with Crippen LogP contribution in [-0.2, 0) is 14.4 Å². The summed E-state index contributed by atoms with van der Waals surface area (Å²) in [5.41, 5.74) is 5.12. The fourth-order valence-corrected chi connectivity index (χ4v) is 3.91. The van der Waals surface area contributed by atoms with E-state index >= 15 is 0 Å². The summed E-state index contributed by atoms with van der Waals surface area (Å²) in [5, 5.41) is 33.3. The zero-order valence-corrected chi connectivity index (χ0v) is 15.5. The van der Waals surface area contributed by atoms with E-state index in [0.29, 0.717) is 5.57 Å². The van der Waals surface area contributed by atoms with E-state index in [9.17, 15) is 24.6 Å². The first-order valence-corrected chi connectivity index (χ1v) is 9.26. The number of hydrogen-bond donors (Lipinski definition) is 5. The van der Waals surface area contributed by atoms with Crippen molar-refractivity contribution in [3.8, 4) is 0 Å². The minimum atomic E-state index is -1.55. The van der Waals surface area contributed by atoms with Crippen molar-refractivity contribution >= 4 is 57.5 Å². The first-order valence-electron chi connectivity index (χ1n) is 7.33. The van der Waals surface area contributed by atoms with Gasteiger partial charge in [0, 0.05) is 11.1 Å². The number of nitrogen functional groups attached to an aromatic ring is 1. The molecule has 6 N–H and O–H groups in total. The Morgan fingerprint density at radius 1 is 1.44 bits per heavy atom. The zero-order chi connectivity index (χ0) is 20.1. The third kappa shape index (κ3) is 4.62. The van der Waals surface area contributed by atoms with Crippen molar-refractivity contribution in [2.45, 2.75) is 18.3 Å². The summed E-state index contributed by atoms with van der Waals surface area (Å²) in [6.07, 6.45) is 1.58. The smallest absolute Gasteiger partial charge is 0.354 e. The van der Waals surface area contributed by atoms with Crippen LogP contribution in [0.25, 0.3) is 0 Å². The largest absolute Gasteiger partial charge is 0.480 e. The fourth-order valence-electron chi connectivity index (χ4n) is 2.15. The minimum Gasteiger partial charge on any atom is -0.480 e. The molecule has 0 spiro atoms. The number of hydrogen-bond acceptors (Lipinski definition) is 10. The molecule has 0 saturated heterocycles. The van der Waals surface area contributed by atoms with Gasteiger partial charge in [-0.15, -0.1) is 23.1 Å². The van der Waals surface area contributed by atoms with Gasteiger partial charge in [-0.2, -0.15) is 0 Å². The molecule has 144 valence electrons.